The Morgan fingerprint density at radius 1 is 1.37 bits per heavy atom. The summed E-state index contributed by atoms with van der Waals surface area (Å²) in [6, 6.07) is 9.89. The smallest absolute Gasteiger partial charge is 0.124 e. The Kier molecular flexibility index (Phi) is 4.50. The molecule has 2 aromatic rings. The molecular weight excluding hydrogens is 260 g/mol. The van der Waals surface area contributed by atoms with Crippen molar-refractivity contribution in [2.24, 2.45) is 0 Å². The first kappa shape index (κ1) is 13.5. The van der Waals surface area contributed by atoms with Gasteiger partial charge in [0.15, 0.2) is 0 Å². The fourth-order valence-electron chi connectivity index (χ4n) is 1.72. The van der Waals surface area contributed by atoms with Gasteiger partial charge in [-0.1, -0.05) is 12.1 Å². The van der Waals surface area contributed by atoms with Crippen molar-refractivity contribution in [2.45, 2.75) is 13.0 Å². The average molecular weight is 274 g/mol. The van der Waals surface area contributed by atoms with Crippen LogP contribution in [0.5, 0.6) is 5.75 Å². The van der Waals surface area contributed by atoms with E-state index in [9.17, 15) is 0 Å². The van der Waals surface area contributed by atoms with E-state index in [-0.39, 0.29) is 0 Å². The Hall–Kier alpha value is -1.90. The molecule has 0 N–H and O–H groups in total. The molecule has 0 amide bonds. The van der Waals surface area contributed by atoms with Gasteiger partial charge < -0.3 is 9.47 Å². The minimum absolute atomic E-state index is 0.361. The van der Waals surface area contributed by atoms with Crippen molar-refractivity contribution in [1.29, 1.82) is 5.26 Å². The molecule has 0 saturated carbocycles. The van der Waals surface area contributed by atoms with Crippen LogP contribution in [-0.4, -0.2) is 19.2 Å². The van der Waals surface area contributed by atoms with Crippen molar-refractivity contribution in [1.82, 2.24) is 4.98 Å². The van der Waals surface area contributed by atoms with Crippen LogP contribution in [0.1, 0.15) is 10.6 Å². The predicted octanol–water partition coefficient (Wildman–Crippen LogP) is 3.03. The molecule has 0 atom stereocenters. The minimum atomic E-state index is 0.361. The summed E-state index contributed by atoms with van der Waals surface area (Å²) >= 11 is 1.53. The molecule has 0 bridgehead atoms. The number of methoxy groups -OCH3 is 2. The molecule has 98 valence electrons. The van der Waals surface area contributed by atoms with Gasteiger partial charge in [-0.3, -0.25) is 0 Å². The summed E-state index contributed by atoms with van der Waals surface area (Å²) in [5, 5.41) is 9.73. The van der Waals surface area contributed by atoms with Crippen molar-refractivity contribution < 1.29 is 9.47 Å². The molecule has 2 rings (SSSR count). The standard InChI is InChI=1S/C14H14N2O2S/c1-17-9-12-13(6-7-15)19-14(16-12)10-4-3-5-11(8-10)18-2/h3-5,8H,6,9H2,1-2H3. The van der Waals surface area contributed by atoms with Gasteiger partial charge in [0.05, 0.1) is 31.9 Å². The second-order valence-electron chi connectivity index (χ2n) is 3.89. The molecule has 0 aliphatic heterocycles. The molecule has 0 unspecified atom stereocenters. The summed E-state index contributed by atoms with van der Waals surface area (Å²) in [5.74, 6) is 0.794. The van der Waals surface area contributed by atoms with Gasteiger partial charge >= 0.3 is 0 Å². The topological polar surface area (TPSA) is 55.1 Å². The fourth-order valence-corrected chi connectivity index (χ4v) is 2.72. The van der Waals surface area contributed by atoms with E-state index in [0.717, 1.165) is 26.9 Å². The van der Waals surface area contributed by atoms with Crippen LogP contribution >= 0.6 is 11.3 Å². The molecule has 0 radical (unpaired) electrons. The highest BCUT2D eigenvalue weighted by Crippen LogP contribution is 2.30. The van der Waals surface area contributed by atoms with Crippen molar-refractivity contribution >= 4 is 11.3 Å². The number of nitrogens with zero attached hydrogens (tertiary/aromatic N) is 2. The predicted molar refractivity (Wildman–Crippen MR) is 74.1 cm³/mol. The summed E-state index contributed by atoms with van der Waals surface area (Å²) in [6.07, 6.45) is 0.361. The Balaban J connectivity index is 2.38. The minimum Gasteiger partial charge on any atom is -0.497 e. The quantitative estimate of drug-likeness (QED) is 0.841. The number of rotatable bonds is 5. The Bertz CT molecular complexity index is 602. The van der Waals surface area contributed by atoms with E-state index < -0.39 is 0 Å². The van der Waals surface area contributed by atoms with Gasteiger partial charge in [0.25, 0.3) is 0 Å². The van der Waals surface area contributed by atoms with E-state index in [1.54, 1.807) is 14.2 Å². The van der Waals surface area contributed by atoms with Crippen LogP contribution in [-0.2, 0) is 17.8 Å². The zero-order valence-electron chi connectivity index (χ0n) is 10.8. The maximum Gasteiger partial charge on any atom is 0.124 e. The molecule has 0 aliphatic rings. The molecule has 19 heavy (non-hydrogen) atoms. The number of benzene rings is 1. The third-order valence-electron chi connectivity index (χ3n) is 2.62. The molecule has 1 heterocycles. The average Bonchev–Trinajstić information content (AvgIpc) is 2.83. The SMILES string of the molecule is COCc1nc(-c2cccc(OC)c2)sc1CC#N. The largest absolute Gasteiger partial charge is 0.497 e. The Morgan fingerprint density at radius 2 is 2.21 bits per heavy atom. The van der Waals surface area contributed by atoms with Gasteiger partial charge in [-0.25, -0.2) is 4.98 Å². The highest BCUT2D eigenvalue weighted by atomic mass is 32.1. The van der Waals surface area contributed by atoms with Gasteiger partial charge in [0.1, 0.15) is 10.8 Å². The molecular formula is C14H14N2O2S. The number of thiazole rings is 1. The van der Waals surface area contributed by atoms with E-state index in [0.29, 0.717) is 13.0 Å². The second kappa shape index (κ2) is 6.32. The number of ether oxygens (including phenoxy) is 2. The van der Waals surface area contributed by atoms with Crippen LogP contribution in [0, 0.1) is 11.3 Å². The normalized spacial score (nSPS) is 10.2. The van der Waals surface area contributed by atoms with Crippen molar-refractivity contribution in [2.75, 3.05) is 14.2 Å². The van der Waals surface area contributed by atoms with Gasteiger partial charge in [0.2, 0.25) is 0 Å². The number of hydrogen-bond donors (Lipinski definition) is 0. The lowest BCUT2D eigenvalue weighted by Gasteiger charge is -2.01. The van der Waals surface area contributed by atoms with Crippen LogP contribution in [0.4, 0.5) is 0 Å². The summed E-state index contributed by atoms with van der Waals surface area (Å²) in [4.78, 5) is 5.51. The monoisotopic (exact) mass is 274 g/mol. The first-order valence-corrected chi connectivity index (χ1v) is 6.59. The molecule has 5 heteroatoms. The summed E-state index contributed by atoms with van der Waals surface area (Å²) < 4.78 is 10.3. The van der Waals surface area contributed by atoms with E-state index in [1.807, 2.05) is 24.3 Å². The van der Waals surface area contributed by atoms with Crippen LogP contribution in [0.3, 0.4) is 0 Å². The van der Waals surface area contributed by atoms with Crippen LogP contribution in [0.2, 0.25) is 0 Å². The Morgan fingerprint density at radius 3 is 2.89 bits per heavy atom. The molecule has 1 aromatic heterocycles. The zero-order valence-corrected chi connectivity index (χ0v) is 11.7. The zero-order chi connectivity index (χ0) is 13.7. The van der Waals surface area contributed by atoms with E-state index in [2.05, 4.69) is 11.1 Å². The van der Waals surface area contributed by atoms with Gasteiger partial charge in [-0.05, 0) is 12.1 Å². The van der Waals surface area contributed by atoms with Gasteiger partial charge in [-0.15, -0.1) is 11.3 Å². The summed E-state index contributed by atoms with van der Waals surface area (Å²) in [5.41, 5.74) is 1.83. The number of nitriles is 1. The lowest BCUT2D eigenvalue weighted by Crippen LogP contribution is -1.92. The third kappa shape index (κ3) is 3.11. The third-order valence-corrected chi connectivity index (χ3v) is 3.76. The second-order valence-corrected chi connectivity index (χ2v) is 4.97. The highest BCUT2D eigenvalue weighted by Gasteiger charge is 2.12. The molecule has 1 aromatic carbocycles. The molecule has 0 aliphatic carbocycles. The maximum atomic E-state index is 8.84. The van der Waals surface area contributed by atoms with Crippen LogP contribution < -0.4 is 4.74 Å². The maximum absolute atomic E-state index is 8.84. The highest BCUT2D eigenvalue weighted by molar-refractivity contribution is 7.15. The van der Waals surface area contributed by atoms with Crippen molar-refractivity contribution in [3.63, 3.8) is 0 Å². The number of hydrogen-bond acceptors (Lipinski definition) is 5. The lowest BCUT2D eigenvalue weighted by atomic mass is 10.2. The summed E-state index contributed by atoms with van der Waals surface area (Å²) in [7, 11) is 3.26. The molecule has 0 spiro atoms. The van der Waals surface area contributed by atoms with Crippen LogP contribution in [0.25, 0.3) is 10.6 Å². The first-order chi connectivity index (χ1) is 9.28. The van der Waals surface area contributed by atoms with E-state index in [1.165, 1.54) is 11.3 Å². The van der Waals surface area contributed by atoms with Crippen molar-refractivity contribution in [3.05, 3.63) is 34.8 Å². The van der Waals surface area contributed by atoms with Crippen molar-refractivity contribution in [3.8, 4) is 22.4 Å². The van der Waals surface area contributed by atoms with Crippen LogP contribution in [0.15, 0.2) is 24.3 Å². The molecule has 4 nitrogen and oxygen atoms in total. The first-order valence-electron chi connectivity index (χ1n) is 5.77. The fraction of sp³-hybridized carbons (Fsp3) is 0.286. The van der Waals surface area contributed by atoms with Gasteiger partial charge in [-0.2, -0.15) is 5.26 Å². The van der Waals surface area contributed by atoms with E-state index in [4.69, 9.17) is 14.7 Å². The molecule has 0 saturated heterocycles. The lowest BCUT2D eigenvalue weighted by molar-refractivity contribution is 0.181. The number of aromatic nitrogens is 1. The molecule has 0 fully saturated rings. The summed E-state index contributed by atoms with van der Waals surface area (Å²) in [6.45, 7) is 0.428. The van der Waals surface area contributed by atoms with Gasteiger partial charge in [0, 0.05) is 17.6 Å². The Labute approximate surface area is 116 Å². The van der Waals surface area contributed by atoms with E-state index >= 15 is 0 Å².